The molecule has 0 aliphatic heterocycles. The van der Waals surface area contributed by atoms with E-state index in [0.29, 0.717) is 17.1 Å². The van der Waals surface area contributed by atoms with Gasteiger partial charge in [-0.25, -0.2) is 5.43 Å². The van der Waals surface area contributed by atoms with Crippen LogP contribution in [0.5, 0.6) is 0 Å². The Kier molecular flexibility index (Phi) is 5.99. The van der Waals surface area contributed by atoms with Gasteiger partial charge in [0.25, 0.3) is 11.6 Å². The van der Waals surface area contributed by atoms with E-state index < -0.39 is 16.7 Å². The van der Waals surface area contributed by atoms with E-state index in [4.69, 9.17) is 5.73 Å². The van der Waals surface area contributed by atoms with Gasteiger partial charge < -0.3 is 11.1 Å². The average molecular weight is 355 g/mol. The highest BCUT2D eigenvalue weighted by Gasteiger charge is 2.11. The van der Waals surface area contributed by atoms with Gasteiger partial charge in [-0.15, -0.1) is 0 Å². The molecule has 9 nitrogen and oxygen atoms in total. The summed E-state index contributed by atoms with van der Waals surface area (Å²) in [6.45, 7) is 1.57. The highest BCUT2D eigenvalue weighted by molar-refractivity contribution is 6.06. The Morgan fingerprint density at radius 2 is 1.92 bits per heavy atom. The van der Waals surface area contributed by atoms with Crippen LogP contribution in [0.1, 0.15) is 23.7 Å². The van der Waals surface area contributed by atoms with Gasteiger partial charge in [0.05, 0.1) is 16.9 Å². The van der Waals surface area contributed by atoms with Crippen LogP contribution in [-0.4, -0.2) is 22.4 Å². The number of hydrogen-bond acceptors (Lipinski definition) is 6. The number of para-hydroxylation sites is 1. The van der Waals surface area contributed by atoms with Crippen LogP contribution in [0.2, 0.25) is 0 Å². The van der Waals surface area contributed by atoms with Gasteiger partial charge in [0.1, 0.15) is 0 Å². The number of nitro groups is 1. The number of amides is 2. The van der Waals surface area contributed by atoms with E-state index in [9.17, 15) is 19.7 Å². The zero-order chi connectivity index (χ0) is 19.1. The molecule has 0 heterocycles. The van der Waals surface area contributed by atoms with Crippen LogP contribution in [0, 0.1) is 10.1 Å². The Hall–Kier alpha value is -3.75. The summed E-state index contributed by atoms with van der Waals surface area (Å²) in [5.74, 6) is -0.901. The van der Waals surface area contributed by atoms with Gasteiger partial charge in [-0.1, -0.05) is 18.2 Å². The number of carbonyl (C=O) groups excluding carboxylic acids is 2. The lowest BCUT2D eigenvalue weighted by molar-refractivity contribution is -0.384. The molecule has 134 valence electrons. The number of hydrogen-bond donors (Lipinski definition) is 3. The minimum Gasteiger partial charge on any atom is -0.398 e. The van der Waals surface area contributed by atoms with E-state index in [0.717, 1.165) is 0 Å². The number of nitrogen functional groups attached to an aromatic ring is 1. The maximum atomic E-state index is 12.0. The first-order valence-corrected chi connectivity index (χ1v) is 7.59. The third-order valence-electron chi connectivity index (χ3n) is 3.31. The van der Waals surface area contributed by atoms with Crippen LogP contribution in [-0.2, 0) is 4.79 Å². The molecule has 0 bridgehead atoms. The van der Waals surface area contributed by atoms with E-state index in [1.54, 1.807) is 31.2 Å². The number of nitrogens with one attached hydrogen (secondary N) is 2. The van der Waals surface area contributed by atoms with Crippen molar-refractivity contribution in [3.63, 3.8) is 0 Å². The monoisotopic (exact) mass is 355 g/mol. The van der Waals surface area contributed by atoms with E-state index in [-0.39, 0.29) is 17.7 Å². The summed E-state index contributed by atoms with van der Waals surface area (Å²) in [6, 6.07) is 12.1. The van der Waals surface area contributed by atoms with E-state index in [2.05, 4.69) is 15.8 Å². The van der Waals surface area contributed by atoms with Crippen molar-refractivity contribution >= 4 is 34.6 Å². The molecule has 0 aliphatic rings. The van der Waals surface area contributed by atoms with E-state index in [1.165, 1.54) is 24.3 Å². The van der Waals surface area contributed by atoms with Gasteiger partial charge in [0.2, 0.25) is 5.91 Å². The Labute approximate surface area is 149 Å². The third-order valence-corrected chi connectivity index (χ3v) is 3.31. The highest BCUT2D eigenvalue weighted by atomic mass is 16.6. The number of nitrogens with zero attached hydrogens (tertiary/aromatic N) is 2. The maximum Gasteiger partial charge on any atom is 0.273 e. The van der Waals surface area contributed by atoms with Gasteiger partial charge in [0.15, 0.2) is 0 Å². The molecule has 2 aromatic rings. The van der Waals surface area contributed by atoms with Crippen LogP contribution >= 0.6 is 0 Å². The molecule has 2 amide bonds. The first-order valence-electron chi connectivity index (χ1n) is 7.59. The van der Waals surface area contributed by atoms with Gasteiger partial charge in [-0.2, -0.15) is 5.10 Å². The summed E-state index contributed by atoms with van der Waals surface area (Å²) in [5, 5.41) is 17.1. The number of benzene rings is 2. The molecule has 4 N–H and O–H groups in total. The number of rotatable bonds is 6. The molecule has 2 rings (SSSR count). The second kappa shape index (κ2) is 8.38. The number of carbonyl (C=O) groups is 2. The summed E-state index contributed by atoms with van der Waals surface area (Å²) < 4.78 is 0. The predicted molar refractivity (Wildman–Crippen MR) is 97.8 cm³/mol. The highest BCUT2D eigenvalue weighted by Crippen LogP contribution is 2.17. The summed E-state index contributed by atoms with van der Waals surface area (Å²) in [7, 11) is 0. The van der Waals surface area contributed by atoms with Crippen LogP contribution in [0.15, 0.2) is 53.6 Å². The second-order valence-electron chi connectivity index (χ2n) is 5.41. The van der Waals surface area contributed by atoms with Crippen molar-refractivity contribution in [2.24, 2.45) is 5.10 Å². The molecule has 0 aromatic heterocycles. The van der Waals surface area contributed by atoms with Gasteiger partial charge in [-0.05, 0) is 25.1 Å². The lowest BCUT2D eigenvalue weighted by Gasteiger charge is -2.06. The van der Waals surface area contributed by atoms with E-state index in [1.807, 2.05) is 0 Å². The SMILES string of the molecule is CC(CC(=O)Nc1cccc([N+](=O)[O-])c1)=NNC(=O)c1ccccc1N. The first kappa shape index (κ1) is 18.6. The van der Waals surface area contributed by atoms with Crippen LogP contribution in [0.25, 0.3) is 0 Å². The molecule has 26 heavy (non-hydrogen) atoms. The molecule has 0 unspecified atom stereocenters. The van der Waals surface area contributed by atoms with Gasteiger partial charge in [-0.3, -0.25) is 19.7 Å². The smallest absolute Gasteiger partial charge is 0.273 e. The van der Waals surface area contributed by atoms with Crippen LogP contribution in [0.4, 0.5) is 17.1 Å². The first-order chi connectivity index (χ1) is 12.4. The molecule has 0 atom stereocenters. The fourth-order valence-electron chi connectivity index (χ4n) is 2.08. The van der Waals surface area contributed by atoms with Crippen LogP contribution < -0.4 is 16.5 Å². The van der Waals surface area contributed by atoms with Crippen molar-refractivity contribution in [3.8, 4) is 0 Å². The number of nitrogens with two attached hydrogens (primary N) is 1. The zero-order valence-corrected chi connectivity index (χ0v) is 13.9. The molecular formula is C17H17N5O4. The predicted octanol–water partition coefficient (Wildman–Crippen LogP) is 2.31. The summed E-state index contributed by atoms with van der Waals surface area (Å²) in [4.78, 5) is 34.1. The quantitative estimate of drug-likeness (QED) is 0.316. The van der Waals surface area contributed by atoms with Crippen molar-refractivity contribution in [1.82, 2.24) is 5.43 Å². The van der Waals surface area contributed by atoms with Gasteiger partial charge in [0, 0.05) is 29.2 Å². The maximum absolute atomic E-state index is 12.0. The van der Waals surface area contributed by atoms with Gasteiger partial charge >= 0.3 is 0 Å². The molecule has 0 saturated heterocycles. The summed E-state index contributed by atoms with van der Waals surface area (Å²) >= 11 is 0. The van der Waals surface area contributed by atoms with E-state index >= 15 is 0 Å². The Morgan fingerprint density at radius 1 is 1.19 bits per heavy atom. The van der Waals surface area contributed by atoms with Crippen molar-refractivity contribution in [2.75, 3.05) is 11.1 Å². The molecule has 0 spiro atoms. The standard InChI is InChI=1S/C17H17N5O4/c1-11(20-21-17(24)14-7-2-3-8-15(14)18)9-16(23)19-12-5-4-6-13(10-12)22(25)26/h2-8,10H,9,18H2,1H3,(H,19,23)(H,21,24). The van der Waals surface area contributed by atoms with Crippen molar-refractivity contribution in [3.05, 3.63) is 64.2 Å². The Balaban J connectivity index is 1.93. The molecule has 2 aromatic carbocycles. The fraction of sp³-hybridized carbons (Fsp3) is 0.118. The summed E-state index contributed by atoms with van der Waals surface area (Å²) in [6.07, 6.45) is -0.0900. The number of anilines is 2. The molecule has 0 fully saturated rings. The van der Waals surface area contributed by atoms with Crippen molar-refractivity contribution in [1.29, 1.82) is 0 Å². The fourth-order valence-corrected chi connectivity index (χ4v) is 2.08. The second-order valence-corrected chi connectivity index (χ2v) is 5.41. The molecule has 0 radical (unpaired) electrons. The van der Waals surface area contributed by atoms with Crippen molar-refractivity contribution in [2.45, 2.75) is 13.3 Å². The minimum absolute atomic E-state index is 0.0900. The molecular weight excluding hydrogens is 338 g/mol. The zero-order valence-electron chi connectivity index (χ0n) is 13.9. The number of hydrazone groups is 1. The number of non-ortho nitro benzene ring substituents is 1. The lowest BCUT2D eigenvalue weighted by atomic mass is 10.2. The average Bonchev–Trinajstić information content (AvgIpc) is 2.60. The van der Waals surface area contributed by atoms with Crippen LogP contribution in [0.3, 0.4) is 0 Å². The molecule has 0 saturated carbocycles. The number of nitro benzene ring substituents is 1. The Bertz CT molecular complexity index is 879. The topological polar surface area (TPSA) is 140 Å². The summed E-state index contributed by atoms with van der Waals surface area (Å²) in [5.41, 5.74) is 9.18. The Morgan fingerprint density at radius 3 is 2.62 bits per heavy atom. The largest absolute Gasteiger partial charge is 0.398 e. The molecule has 0 aliphatic carbocycles. The molecule has 9 heteroatoms. The normalized spacial score (nSPS) is 10.9. The van der Waals surface area contributed by atoms with Crippen molar-refractivity contribution < 1.29 is 14.5 Å². The lowest BCUT2D eigenvalue weighted by Crippen LogP contribution is -2.22. The minimum atomic E-state index is -0.548. The third kappa shape index (κ3) is 5.13.